The molecule has 0 unspecified atom stereocenters. The summed E-state index contributed by atoms with van der Waals surface area (Å²) < 4.78 is 45.7. The highest BCUT2D eigenvalue weighted by Gasteiger charge is 2.32. The summed E-state index contributed by atoms with van der Waals surface area (Å²) in [6.07, 6.45) is 1.48. The molecule has 0 radical (unpaired) electrons. The van der Waals surface area contributed by atoms with Crippen molar-refractivity contribution in [1.82, 2.24) is 19.9 Å². The fourth-order valence-electron chi connectivity index (χ4n) is 3.44. The molecule has 1 aromatic carbocycles. The van der Waals surface area contributed by atoms with E-state index in [-0.39, 0.29) is 12.5 Å². The molecule has 0 bridgehead atoms. The van der Waals surface area contributed by atoms with E-state index in [1.54, 1.807) is 60.3 Å². The van der Waals surface area contributed by atoms with E-state index >= 15 is 0 Å². The van der Waals surface area contributed by atoms with Crippen molar-refractivity contribution in [2.45, 2.75) is 19.6 Å². The number of hydrogen-bond acceptors (Lipinski definition) is 5. The Hall–Kier alpha value is -4.67. The Morgan fingerprint density at radius 2 is 1.86 bits per heavy atom. The zero-order chi connectivity index (χ0) is 26.6. The second-order valence-corrected chi connectivity index (χ2v) is 8.16. The first-order valence-electron chi connectivity index (χ1n) is 11.1. The van der Waals surface area contributed by atoms with Gasteiger partial charge in [0.25, 0.3) is 11.8 Å². The molecule has 3 aromatic heterocycles. The van der Waals surface area contributed by atoms with Crippen LogP contribution in [0.4, 0.5) is 19.0 Å². The minimum atomic E-state index is -4.53. The number of nitrogens with one attached hydrogen (secondary N) is 2. The Kier molecular flexibility index (Phi) is 7.23. The number of nitrogens with zero attached hydrogens (tertiary/aromatic N) is 3. The summed E-state index contributed by atoms with van der Waals surface area (Å²) in [6, 6.07) is 11.9. The average molecular weight is 509 g/mol. The van der Waals surface area contributed by atoms with Crippen LogP contribution in [0.3, 0.4) is 0 Å². The van der Waals surface area contributed by atoms with Gasteiger partial charge in [-0.3, -0.25) is 14.6 Å². The van der Waals surface area contributed by atoms with Crippen molar-refractivity contribution < 1.29 is 27.5 Å². The summed E-state index contributed by atoms with van der Waals surface area (Å²) in [6.45, 7) is 1.71. The maximum Gasteiger partial charge on any atom is 0.433 e. The minimum absolute atomic E-state index is 0.00330. The van der Waals surface area contributed by atoms with Gasteiger partial charge in [0, 0.05) is 55.6 Å². The van der Waals surface area contributed by atoms with Crippen molar-refractivity contribution >= 4 is 17.6 Å². The van der Waals surface area contributed by atoms with Crippen LogP contribution in [-0.2, 0) is 19.8 Å². The summed E-state index contributed by atoms with van der Waals surface area (Å²) in [4.78, 5) is 32.7. The van der Waals surface area contributed by atoms with Crippen molar-refractivity contribution in [2.24, 2.45) is 7.05 Å². The van der Waals surface area contributed by atoms with Gasteiger partial charge in [-0.1, -0.05) is 12.1 Å². The van der Waals surface area contributed by atoms with Crippen LogP contribution in [0.5, 0.6) is 11.5 Å². The number of carbonyl (C=O) groups excluding carboxylic acids is 2. The normalized spacial score (nSPS) is 11.2. The van der Waals surface area contributed by atoms with Gasteiger partial charge in [-0.05, 0) is 42.8 Å². The van der Waals surface area contributed by atoms with Crippen molar-refractivity contribution in [3.63, 3.8) is 0 Å². The lowest BCUT2D eigenvalue weighted by molar-refractivity contribution is -0.141. The predicted octanol–water partition coefficient (Wildman–Crippen LogP) is 5.12. The van der Waals surface area contributed by atoms with E-state index in [0.717, 1.165) is 12.3 Å². The van der Waals surface area contributed by atoms with Crippen molar-refractivity contribution in [3.8, 4) is 11.5 Å². The second kappa shape index (κ2) is 10.5. The van der Waals surface area contributed by atoms with Gasteiger partial charge in [-0.25, -0.2) is 4.98 Å². The monoisotopic (exact) mass is 509 g/mol. The third kappa shape index (κ3) is 6.31. The van der Waals surface area contributed by atoms with Crippen molar-refractivity contribution in [3.05, 3.63) is 101 Å². The van der Waals surface area contributed by atoms with E-state index in [0.29, 0.717) is 39.6 Å². The molecule has 4 rings (SSSR count). The molecule has 2 N–H and O–H groups in total. The fourth-order valence-corrected chi connectivity index (χ4v) is 3.44. The van der Waals surface area contributed by atoms with Crippen LogP contribution in [0.2, 0.25) is 0 Å². The molecule has 4 aromatic rings. The smallest absolute Gasteiger partial charge is 0.433 e. The lowest BCUT2D eigenvalue weighted by Gasteiger charge is -2.13. The first kappa shape index (κ1) is 25.4. The van der Waals surface area contributed by atoms with Gasteiger partial charge in [-0.15, -0.1) is 0 Å². The zero-order valence-corrected chi connectivity index (χ0v) is 19.8. The molecule has 0 saturated heterocycles. The number of amides is 2. The van der Waals surface area contributed by atoms with Crippen molar-refractivity contribution in [2.75, 3.05) is 5.32 Å². The van der Waals surface area contributed by atoms with Crippen LogP contribution in [0.25, 0.3) is 0 Å². The van der Waals surface area contributed by atoms with Crippen LogP contribution >= 0.6 is 0 Å². The fraction of sp³-hybridized carbons (Fsp3) is 0.154. The number of rotatable bonds is 7. The number of benzene rings is 1. The van der Waals surface area contributed by atoms with Gasteiger partial charge in [0.2, 0.25) is 0 Å². The number of halogens is 3. The van der Waals surface area contributed by atoms with Gasteiger partial charge in [-0.2, -0.15) is 13.2 Å². The van der Waals surface area contributed by atoms with E-state index in [1.807, 2.05) is 7.05 Å². The largest absolute Gasteiger partial charge is 0.457 e. The predicted molar refractivity (Wildman–Crippen MR) is 129 cm³/mol. The summed E-state index contributed by atoms with van der Waals surface area (Å²) in [5.74, 6) is 0.366. The molecular weight excluding hydrogens is 487 g/mol. The molecule has 0 spiro atoms. The molecular formula is C26H22F3N5O3. The minimum Gasteiger partial charge on any atom is -0.457 e. The molecule has 8 nitrogen and oxygen atoms in total. The summed E-state index contributed by atoms with van der Waals surface area (Å²) >= 11 is 0. The number of carbonyl (C=O) groups is 2. The number of aryl methyl sites for hydroxylation is 1. The van der Waals surface area contributed by atoms with E-state index < -0.39 is 17.8 Å². The molecule has 0 aliphatic heterocycles. The highest BCUT2D eigenvalue weighted by atomic mass is 19.4. The van der Waals surface area contributed by atoms with Crippen LogP contribution in [-0.4, -0.2) is 26.3 Å². The molecule has 3 heterocycles. The number of aromatic nitrogens is 3. The Morgan fingerprint density at radius 3 is 2.54 bits per heavy atom. The van der Waals surface area contributed by atoms with Gasteiger partial charge < -0.3 is 19.9 Å². The lowest BCUT2D eigenvalue weighted by atomic mass is 10.1. The third-order valence-electron chi connectivity index (χ3n) is 5.39. The molecule has 0 aliphatic rings. The van der Waals surface area contributed by atoms with Gasteiger partial charge in [0.1, 0.15) is 23.0 Å². The Balaban J connectivity index is 1.42. The molecule has 2 amide bonds. The van der Waals surface area contributed by atoms with Gasteiger partial charge in [0.05, 0.1) is 5.56 Å². The topological polar surface area (TPSA) is 98.1 Å². The molecule has 0 fully saturated rings. The highest BCUT2D eigenvalue weighted by molar-refractivity contribution is 6.03. The maximum absolute atomic E-state index is 12.8. The van der Waals surface area contributed by atoms with E-state index in [2.05, 4.69) is 20.6 Å². The number of ether oxygens (including phenoxy) is 1. The summed E-state index contributed by atoms with van der Waals surface area (Å²) in [5, 5.41) is 5.39. The van der Waals surface area contributed by atoms with Gasteiger partial charge >= 0.3 is 6.18 Å². The highest BCUT2D eigenvalue weighted by Crippen LogP contribution is 2.29. The molecule has 11 heteroatoms. The quantitative estimate of drug-likeness (QED) is 0.361. The molecule has 190 valence electrons. The average Bonchev–Trinajstić information content (AvgIpc) is 3.30. The van der Waals surface area contributed by atoms with Crippen LogP contribution in [0.15, 0.2) is 73.3 Å². The van der Waals surface area contributed by atoms with Crippen LogP contribution in [0, 0.1) is 6.92 Å². The molecule has 37 heavy (non-hydrogen) atoms. The third-order valence-corrected chi connectivity index (χ3v) is 5.39. The second-order valence-electron chi connectivity index (χ2n) is 8.16. The first-order chi connectivity index (χ1) is 17.6. The maximum atomic E-state index is 12.8. The SMILES string of the molecule is Cc1c(Oc2ccnc(NC(=O)c3ccn(C)c3)c2)cccc1C(=O)NCc1ccc(C(F)(F)F)nc1. The van der Waals surface area contributed by atoms with E-state index in [1.165, 1.54) is 12.3 Å². The standard InChI is InChI=1S/C26H22F3N5O3/c1-16-20(25(36)32-14-17-6-7-22(31-13-17)26(27,28)29)4-3-5-21(16)37-19-8-10-30-23(12-19)33-24(35)18-9-11-34(2)15-18/h3-13,15H,14H2,1-2H3,(H,32,36)(H,30,33,35). The molecule has 0 atom stereocenters. The van der Waals surface area contributed by atoms with Gasteiger partial charge in [0.15, 0.2) is 0 Å². The van der Waals surface area contributed by atoms with E-state index in [4.69, 9.17) is 4.74 Å². The molecule has 0 saturated carbocycles. The summed E-state index contributed by atoms with van der Waals surface area (Å²) in [5.41, 5.74) is 0.800. The Labute approximate surface area is 210 Å². The van der Waals surface area contributed by atoms with E-state index in [9.17, 15) is 22.8 Å². The number of pyridine rings is 2. The number of anilines is 1. The molecule has 0 aliphatic carbocycles. The lowest BCUT2D eigenvalue weighted by Crippen LogP contribution is -2.24. The zero-order valence-electron chi connectivity index (χ0n) is 19.8. The van der Waals surface area contributed by atoms with Crippen LogP contribution < -0.4 is 15.4 Å². The number of hydrogen-bond donors (Lipinski definition) is 2. The first-order valence-corrected chi connectivity index (χ1v) is 11.1. The van der Waals surface area contributed by atoms with Crippen LogP contribution in [0.1, 0.15) is 37.5 Å². The summed E-state index contributed by atoms with van der Waals surface area (Å²) in [7, 11) is 1.81. The Bertz CT molecular complexity index is 1430. The Morgan fingerprint density at radius 1 is 1.05 bits per heavy atom. The number of alkyl halides is 3. The van der Waals surface area contributed by atoms with Crippen molar-refractivity contribution in [1.29, 1.82) is 0 Å².